The highest BCUT2D eigenvalue weighted by molar-refractivity contribution is 6.30. The molecule has 0 aliphatic carbocycles. The molecule has 2 fully saturated rings. The summed E-state index contributed by atoms with van der Waals surface area (Å²) in [7, 11) is 0. The molecule has 27 heavy (non-hydrogen) atoms. The van der Waals surface area contributed by atoms with E-state index >= 15 is 0 Å². The van der Waals surface area contributed by atoms with Crippen molar-refractivity contribution in [1.29, 1.82) is 0 Å². The van der Waals surface area contributed by atoms with E-state index in [1.807, 2.05) is 0 Å². The maximum absolute atomic E-state index is 12.2. The van der Waals surface area contributed by atoms with Crippen molar-refractivity contribution in [1.82, 2.24) is 20.7 Å². The van der Waals surface area contributed by atoms with Crippen molar-refractivity contribution >= 4 is 17.5 Å². The highest BCUT2D eigenvalue weighted by atomic mass is 35.5. The predicted molar refractivity (Wildman–Crippen MR) is 111 cm³/mol. The maximum atomic E-state index is 12.2. The van der Waals surface area contributed by atoms with Gasteiger partial charge in [0.05, 0.1) is 0 Å². The van der Waals surface area contributed by atoms with E-state index in [0.29, 0.717) is 16.5 Å². The molecule has 2 N–H and O–H groups in total. The van der Waals surface area contributed by atoms with E-state index in [-0.39, 0.29) is 5.91 Å². The molecule has 2 saturated heterocycles. The molecule has 1 aromatic rings. The molecule has 2 heterocycles. The van der Waals surface area contributed by atoms with Crippen LogP contribution in [-0.2, 0) is 0 Å². The number of nitrogens with one attached hydrogen (secondary N) is 2. The smallest absolute Gasteiger partial charge is 0.251 e. The lowest BCUT2D eigenvalue weighted by atomic mass is 9.96. The SMILES string of the molecule is C=C(CN1CCC(CNC(=O)c2cccc(Cl)c2)CC1)NN1CCCCC1. The molecule has 0 radical (unpaired) electrons. The fraction of sp³-hybridized carbons (Fsp3) is 0.571. The van der Waals surface area contributed by atoms with E-state index in [4.69, 9.17) is 11.6 Å². The van der Waals surface area contributed by atoms with Crippen molar-refractivity contribution in [2.24, 2.45) is 5.92 Å². The molecule has 148 valence electrons. The lowest BCUT2D eigenvalue weighted by Crippen LogP contribution is -2.45. The van der Waals surface area contributed by atoms with E-state index in [1.165, 1.54) is 19.3 Å². The molecule has 0 unspecified atom stereocenters. The first-order chi connectivity index (χ1) is 13.1. The Morgan fingerprint density at radius 1 is 1.15 bits per heavy atom. The van der Waals surface area contributed by atoms with Crippen LogP contribution in [0.5, 0.6) is 0 Å². The van der Waals surface area contributed by atoms with Crippen LogP contribution >= 0.6 is 11.6 Å². The minimum absolute atomic E-state index is 0.0426. The van der Waals surface area contributed by atoms with E-state index in [9.17, 15) is 4.79 Å². The summed E-state index contributed by atoms with van der Waals surface area (Å²) >= 11 is 5.96. The lowest BCUT2D eigenvalue weighted by Gasteiger charge is -2.34. The van der Waals surface area contributed by atoms with Gasteiger partial charge in [-0.3, -0.25) is 9.69 Å². The summed E-state index contributed by atoms with van der Waals surface area (Å²) in [6.45, 7) is 10.2. The van der Waals surface area contributed by atoms with Gasteiger partial charge in [0.1, 0.15) is 0 Å². The van der Waals surface area contributed by atoms with Gasteiger partial charge in [-0.1, -0.05) is 30.7 Å². The number of likely N-dealkylation sites (tertiary alicyclic amines) is 1. The van der Waals surface area contributed by atoms with E-state index in [0.717, 1.165) is 57.8 Å². The van der Waals surface area contributed by atoms with Gasteiger partial charge >= 0.3 is 0 Å². The Hall–Kier alpha value is -1.56. The molecular weight excluding hydrogens is 360 g/mol. The Bertz CT molecular complexity index is 637. The summed E-state index contributed by atoms with van der Waals surface area (Å²) in [6.07, 6.45) is 6.09. The van der Waals surface area contributed by atoms with Gasteiger partial charge in [-0.25, -0.2) is 5.01 Å². The highest BCUT2D eigenvalue weighted by Gasteiger charge is 2.21. The van der Waals surface area contributed by atoms with Crippen LogP contribution in [0, 0.1) is 5.92 Å². The molecule has 0 spiro atoms. The molecule has 0 atom stereocenters. The van der Waals surface area contributed by atoms with E-state index in [2.05, 4.69) is 27.2 Å². The first kappa shape index (κ1) is 20.2. The largest absolute Gasteiger partial charge is 0.352 e. The minimum atomic E-state index is -0.0426. The first-order valence-electron chi connectivity index (χ1n) is 10.1. The van der Waals surface area contributed by atoms with Gasteiger partial charge in [0, 0.05) is 42.5 Å². The van der Waals surface area contributed by atoms with E-state index in [1.54, 1.807) is 24.3 Å². The summed E-state index contributed by atoms with van der Waals surface area (Å²) in [5, 5.41) is 5.94. The summed E-state index contributed by atoms with van der Waals surface area (Å²) < 4.78 is 0. The minimum Gasteiger partial charge on any atom is -0.352 e. The number of hydrogen-bond donors (Lipinski definition) is 2. The summed E-state index contributed by atoms with van der Waals surface area (Å²) in [5.41, 5.74) is 5.18. The number of nitrogens with zero attached hydrogens (tertiary/aromatic N) is 2. The Morgan fingerprint density at radius 3 is 2.59 bits per heavy atom. The average Bonchev–Trinajstić information content (AvgIpc) is 2.68. The van der Waals surface area contributed by atoms with Crippen LogP contribution in [0.2, 0.25) is 5.02 Å². The maximum Gasteiger partial charge on any atom is 0.251 e. The van der Waals surface area contributed by atoms with Gasteiger partial charge in [-0.05, 0) is 62.9 Å². The number of carbonyl (C=O) groups is 1. The second kappa shape index (κ2) is 10.1. The first-order valence-corrected chi connectivity index (χ1v) is 10.4. The zero-order valence-electron chi connectivity index (χ0n) is 16.1. The number of benzene rings is 1. The molecule has 0 saturated carbocycles. The molecule has 5 nitrogen and oxygen atoms in total. The van der Waals surface area contributed by atoms with Gasteiger partial charge in [-0.2, -0.15) is 0 Å². The fourth-order valence-corrected chi connectivity index (χ4v) is 4.04. The number of rotatable bonds is 7. The summed E-state index contributed by atoms with van der Waals surface area (Å²) in [5.74, 6) is 0.492. The number of hydrogen-bond acceptors (Lipinski definition) is 4. The van der Waals surface area contributed by atoms with Crippen LogP contribution in [-0.4, -0.2) is 55.1 Å². The Labute approximate surface area is 167 Å². The lowest BCUT2D eigenvalue weighted by molar-refractivity contribution is 0.0936. The summed E-state index contributed by atoms with van der Waals surface area (Å²) in [6, 6.07) is 7.09. The fourth-order valence-electron chi connectivity index (χ4n) is 3.85. The number of amides is 1. The Balaban J connectivity index is 1.33. The van der Waals surface area contributed by atoms with Gasteiger partial charge in [0.25, 0.3) is 5.91 Å². The zero-order chi connectivity index (χ0) is 19.1. The normalized spacial score (nSPS) is 19.6. The van der Waals surface area contributed by atoms with Gasteiger partial charge in [0.2, 0.25) is 0 Å². The average molecular weight is 391 g/mol. The van der Waals surface area contributed by atoms with Crippen LogP contribution in [0.1, 0.15) is 42.5 Å². The molecule has 1 amide bonds. The van der Waals surface area contributed by atoms with Crippen molar-refractivity contribution in [3.8, 4) is 0 Å². The van der Waals surface area contributed by atoms with Crippen LogP contribution in [0.25, 0.3) is 0 Å². The number of carbonyl (C=O) groups excluding carboxylic acids is 1. The zero-order valence-corrected chi connectivity index (χ0v) is 16.8. The second-order valence-electron chi connectivity index (χ2n) is 7.70. The third-order valence-corrected chi connectivity index (χ3v) is 5.67. The van der Waals surface area contributed by atoms with Crippen molar-refractivity contribution in [2.75, 3.05) is 39.3 Å². The molecule has 6 heteroatoms. The van der Waals surface area contributed by atoms with Gasteiger partial charge < -0.3 is 10.7 Å². The van der Waals surface area contributed by atoms with Crippen LogP contribution in [0.3, 0.4) is 0 Å². The van der Waals surface area contributed by atoms with Crippen LogP contribution in [0.15, 0.2) is 36.5 Å². The van der Waals surface area contributed by atoms with Crippen molar-refractivity contribution in [2.45, 2.75) is 32.1 Å². The second-order valence-corrected chi connectivity index (χ2v) is 8.14. The molecule has 1 aromatic carbocycles. The molecular formula is C21H31ClN4O. The quantitative estimate of drug-likeness (QED) is 0.750. The molecule has 0 aromatic heterocycles. The van der Waals surface area contributed by atoms with Crippen LogP contribution in [0.4, 0.5) is 0 Å². The molecule has 3 rings (SSSR count). The number of hydrazine groups is 1. The predicted octanol–water partition coefficient (Wildman–Crippen LogP) is 3.29. The van der Waals surface area contributed by atoms with Gasteiger partial charge in [-0.15, -0.1) is 0 Å². The third-order valence-electron chi connectivity index (χ3n) is 5.43. The van der Waals surface area contributed by atoms with Crippen molar-refractivity contribution in [3.63, 3.8) is 0 Å². The summed E-state index contributed by atoms with van der Waals surface area (Å²) in [4.78, 5) is 14.7. The Morgan fingerprint density at radius 2 is 1.89 bits per heavy atom. The van der Waals surface area contributed by atoms with Gasteiger partial charge in [0.15, 0.2) is 0 Å². The topological polar surface area (TPSA) is 47.6 Å². The molecule has 2 aliphatic heterocycles. The monoisotopic (exact) mass is 390 g/mol. The van der Waals surface area contributed by atoms with Crippen LogP contribution < -0.4 is 10.7 Å². The molecule has 0 bridgehead atoms. The van der Waals surface area contributed by atoms with Crippen molar-refractivity contribution < 1.29 is 4.79 Å². The third kappa shape index (κ3) is 6.52. The number of piperidine rings is 2. The number of halogens is 1. The highest BCUT2D eigenvalue weighted by Crippen LogP contribution is 2.18. The molecule has 2 aliphatic rings. The van der Waals surface area contributed by atoms with E-state index < -0.39 is 0 Å². The standard InChI is InChI=1S/C21H31ClN4O/c1-17(24-26-10-3-2-4-11-26)16-25-12-8-18(9-13-25)15-23-21(27)19-6-5-7-20(22)14-19/h5-7,14,18,24H,1-4,8-13,15-16H2,(H,23,27). The van der Waals surface area contributed by atoms with Crippen molar-refractivity contribution in [3.05, 3.63) is 47.1 Å². The Kier molecular flexibility index (Phi) is 7.56.